The molecule has 3 aliphatic carbocycles. The molecule has 3 rings (SSSR count). The van der Waals surface area contributed by atoms with Crippen LogP contribution in [0.2, 0.25) is 0 Å². The normalized spacial score (nSPS) is 39.5. The minimum absolute atomic E-state index is 0.180. The summed E-state index contributed by atoms with van der Waals surface area (Å²) >= 11 is 0. The van der Waals surface area contributed by atoms with Crippen LogP contribution in [0.4, 0.5) is 0 Å². The molecule has 0 radical (unpaired) electrons. The lowest BCUT2D eigenvalue weighted by Gasteiger charge is -2.44. The second-order valence-corrected chi connectivity index (χ2v) is 11.0. The number of aliphatic hydroxyl groups is 3. The first-order chi connectivity index (χ1) is 14.1. The molecular weight excluding hydrogens is 372 g/mol. The van der Waals surface area contributed by atoms with Gasteiger partial charge in [-0.25, -0.2) is 0 Å². The van der Waals surface area contributed by atoms with Crippen molar-refractivity contribution < 1.29 is 15.3 Å². The van der Waals surface area contributed by atoms with Gasteiger partial charge in [-0.05, 0) is 91.6 Å². The molecule has 0 aromatic heterocycles. The number of fused-ring (bicyclic) bond motifs is 1. The summed E-state index contributed by atoms with van der Waals surface area (Å²) in [5.41, 5.74) is 3.69. The summed E-state index contributed by atoms with van der Waals surface area (Å²) in [5, 5.41) is 30.4. The Morgan fingerprint density at radius 3 is 2.57 bits per heavy atom. The molecule has 3 aliphatic rings. The van der Waals surface area contributed by atoms with Gasteiger partial charge < -0.3 is 15.3 Å². The average molecular weight is 417 g/mol. The predicted octanol–water partition coefficient (Wildman–Crippen LogP) is 5.56. The van der Waals surface area contributed by atoms with Crippen LogP contribution in [0.3, 0.4) is 0 Å². The van der Waals surface area contributed by atoms with E-state index in [0.29, 0.717) is 36.0 Å². The van der Waals surface area contributed by atoms with Gasteiger partial charge in [-0.2, -0.15) is 0 Å². The van der Waals surface area contributed by atoms with Crippen LogP contribution in [-0.2, 0) is 0 Å². The Hall–Kier alpha value is -0.900. The summed E-state index contributed by atoms with van der Waals surface area (Å²) < 4.78 is 0. The maximum atomic E-state index is 10.3. The number of allylic oxidation sites excluding steroid dienone is 3. The van der Waals surface area contributed by atoms with Gasteiger partial charge in [-0.3, -0.25) is 0 Å². The zero-order valence-corrected chi connectivity index (χ0v) is 19.6. The summed E-state index contributed by atoms with van der Waals surface area (Å²) in [5.74, 6) is 2.35. The Kier molecular flexibility index (Phi) is 7.69. The van der Waals surface area contributed by atoms with Crippen LogP contribution in [0.15, 0.2) is 35.5 Å². The lowest BCUT2D eigenvalue weighted by molar-refractivity contribution is 0.0717. The molecule has 30 heavy (non-hydrogen) atoms. The molecule has 0 spiro atoms. The fraction of sp³-hybridized carbons (Fsp3) is 0.778. The molecule has 3 saturated carbocycles. The first-order valence-electron chi connectivity index (χ1n) is 12.3. The third-order valence-electron chi connectivity index (χ3n) is 8.68. The Balaban J connectivity index is 1.72. The van der Waals surface area contributed by atoms with Crippen molar-refractivity contribution in [2.24, 2.45) is 29.1 Å². The van der Waals surface area contributed by atoms with Crippen molar-refractivity contribution in [3.05, 3.63) is 35.5 Å². The van der Waals surface area contributed by atoms with E-state index < -0.39 is 12.2 Å². The molecule has 0 saturated heterocycles. The second-order valence-electron chi connectivity index (χ2n) is 11.0. The van der Waals surface area contributed by atoms with E-state index in [1.165, 1.54) is 25.7 Å². The van der Waals surface area contributed by atoms with Gasteiger partial charge in [0, 0.05) is 6.42 Å². The minimum Gasteiger partial charge on any atom is -0.393 e. The number of aliphatic hydroxyl groups excluding tert-OH is 3. The molecule has 3 fully saturated rings. The van der Waals surface area contributed by atoms with Crippen LogP contribution in [0.25, 0.3) is 0 Å². The summed E-state index contributed by atoms with van der Waals surface area (Å²) in [7, 11) is 0. The molecule has 0 heterocycles. The number of hydrogen-bond donors (Lipinski definition) is 3. The van der Waals surface area contributed by atoms with Crippen molar-refractivity contribution in [2.45, 2.75) is 104 Å². The van der Waals surface area contributed by atoms with E-state index in [2.05, 4.69) is 46.4 Å². The third-order valence-corrected chi connectivity index (χ3v) is 8.68. The van der Waals surface area contributed by atoms with Crippen molar-refractivity contribution in [2.75, 3.05) is 0 Å². The molecule has 0 aliphatic heterocycles. The summed E-state index contributed by atoms with van der Waals surface area (Å²) in [6.45, 7) is 13.2. The summed E-state index contributed by atoms with van der Waals surface area (Å²) in [6, 6.07) is 0. The maximum absolute atomic E-state index is 10.3. The van der Waals surface area contributed by atoms with Crippen molar-refractivity contribution in [3.8, 4) is 0 Å². The smallest absolute Gasteiger partial charge is 0.0811 e. The summed E-state index contributed by atoms with van der Waals surface area (Å²) in [6.07, 6.45) is 12.4. The highest BCUT2D eigenvalue weighted by molar-refractivity contribution is 5.38. The highest BCUT2D eigenvalue weighted by atomic mass is 16.3. The Morgan fingerprint density at radius 2 is 1.87 bits per heavy atom. The van der Waals surface area contributed by atoms with Gasteiger partial charge in [0.1, 0.15) is 0 Å². The highest BCUT2D eigenvalue weighted by Gasteiger charge is 2.50. The van der Waals surface area contributed by atoms with Gasteiger partial charge in [0.15, 0.2) is 0 Å². The molecule has 0 amide bonds. The topological polar surface area (TPSA) is 60.7 Å². The number of hydrogen-bond acceptors (Lipinski definition) is 3. The minimum atomic E-state index is -0.618. The molecule has 3 heteroatoms. The quantitative estimate of drug-likeness (QED) is 0.531. The Morgan fingerprint density at radius 1 is 1.13 bits per heavy atom. The Labute approximate surface area is 184 Å². The average Bonchev–Trinajstić information content (AvgIpc) is 3.04. The highest BCUT2D eigenvalue weighted by Crippen LogP contribution is 2.60. The van der Waals surface area contributed by atoms with Crippen LogP contribution in [0.1, 0.15) is 85.5 Å². The summed E-state index contributed by atoms with van der Waals surface area (Å²) in [4.78, 5) is 0. The lowest BCUT2D eigenvalue weighted by Crippen LogP contribution is -2.36. The van der Waals surface area contributed by atoms with Crippen molar-refractivity contribution in [1.29, 1.82) is 0 Å². The zero-order chi connectivity index (χ0) is 22.1. The van der Waals surface area contributed by atoms with E-state index >= 15 is 0 Å². The predicted molar refractivity (Wildman–Crippen MR) is 124 cm³/mol. The van der Waals surface area contributed by atoms with Crippen LogP contribution < -0.4 is 0 Å². The molecule has 0 bridgehead atoms. The van der Waals surface area contributed by atoms with Crippen molar-refractivity contribution in [1.82, 2.24) is 0 Å². The van der Waals surface area contributed by atoms with Crippen LogP contribution in [0, 0.1) is 29.1 Å². The van der Waals surface area contributed by atoms with Crippen LogP contribution >= 0.6 is 0 Å². The molecule has 3 nitrogen and oxygen atoms in total. The fourth-order valence-electron chi connectivity index (χ4n) is 6.65. The van der Waals surface area contributed by atoms with E-state index in [4.69, 9.17) is 0 Å². The van der Waals surface area contributed by atoms with E-state index in [0.717, 1.165) is 36.3 Å². The van der Waals surface area contributed by atoms with Gasteiger partial charge in [-0.15, -0.1) is 0 Å². The van der Waals surface area contributed by atoms with Gasteiger partial charge >= 0.3 is 0 Å². The monoisotopic (exact) mass is 416 g/mol. The van der Waals surface area contributed by atoms with Gasteiger partial charge in [0.2, 0.25) is 0 Å². The van der Waals surface area contributed by atoms with Crippen molar-refractivity contribution >= 4 is 0 Å². The van der Waals surface area contributed by atoms with Gasteiger partial charge in [-0.1, -0.05) is 52.0 Å². The SMILES string of the molecule is C=C1C(=CC=C2CCC[C@@]3(C)C2CCC3C(C)CCC(O)C(C)C)CC(O)CC1O. The van der Waals surface area contributed by atoms with Gasteiger partial charge in [0.25, 0.3) is 0 Å². The first kappa shape index (κ1) is 23.8. The number of rotatable bonds is 6. The lowest BCUT2D eigenvalue weighted by atomic mass is 9.60. The molecule has 3 N–H and O–H groups in total. The third kappa shape index (κ3) is 4.95. The van der Waals surface area contributed by atoms with Gasteiger partial charge in [0.05, 0.1) is 18.3 Å². The zero-order valence-electron chi connectivity index (χ0n) is 19.6. The van der Waals surface area contributed by atoms with E-state index in [1.807, 2.05) is 0 Å². The van der Waals surface area contributed by atoms with E-state index in [1.54, 1.807) is 5.57 Å². The second kappa shape index (κ2) is 9.71. The molecule has 7 atom stereocenters. The standard InChI is InChI=1S/C27H44O3/c1-17(2)25(29)13-8-18(3)23-11-12-24-20(7-6-14-27(23,24)5)9-10-21-15-22(28)16-26(30)19(21)4/h9-10,17-18,22-26,28-30H,4,6-8,11-16H2,1-3,5H3/t18?,22?,23?,24?,25?,26?,27-/m1/s1. The van der Waals surface area contributed by atoms with E-state index in [9.17, 15) is 15.3 Å². The molecule has 170 valence electrons. The first-order valence-corrected chi connectivity index (χ1v) is 12.3. The van der Waals surface area contributed by atoms with E-state index in [-0.39, 0.29) is 6.10 Å². The van der Waals surface area contributed by atoms with Crippen molar-refractivity contribution in [3.63, 3.8) is 0 Å². The van der Waals surface area contributed by atoms with Crippen LogP contribution in [-0.4, -0.2) is 33.6 Å². The molecule has 0 aromatic rings. The maximum Gasteiger partial charge on any atom is 0.0811 e. The van der Waals surface area contributed by atoms with Crippen LogP contribution in [0.5, 0.6) is 0 Å². The molecule has 0 aromatic carbocycles. The molecular formula is C27H44O3. The fourth-order valence-corrected chi connectivity index (χ4v) is 6.65. The Bertz CT molecular complexity index is 676. The molecule has 6 unspecified atom stereocenters. The largest absolute Gasteiger partial charge is 0.393 e.